The predicted molar refractivity (Wildman–Crippen MR) is 68.1 cm³/mol. The first kappa shape index (κ1) is 13.2. The Morgan fingerprint density at radius 1 is 1.44 bits per heavy atom. The quantitative estimate of drug-likeness (QED) is 0.896. The molecule has 18 heavy (non-hydrogen) atoms. The van der Waals surface area contributed by atoms with E-state index in [0.29, 0.717) is 12.2 Å². The van der Waals surface area contributed by atoms with Crippen LogP contribution in [0, 0.1) is 0 Å². The van der Waals surface area contributed by atoms with Crippen molar-refractivity contribution in [3.05, 3.63) is 23.8 Å². The molecular weight excluding hydrogens is 232 g/mol. The van der Waals surface area contributed by atoms with Crippen LogP contribution in [0.5, 0.6) is 11.5 Å². The highest BCUT2D eigenvalue weighted by Gasteiger charge is 2.41. The monoisotopic (exact) mass is 252 g/mol. The van der Waals surface area contributed by atoms with Crippen molar-refractivity contribution in [2.24, 2.45) is 0 Å². The number of rotatable bonds is 3. The van der Waals surface area contributed by atoms with Gasteiger partial charge in [-0.1, -0.05) is 0 Å². The molecule has 2 rings (SSSR count). The molecule has 1 aliphatic heterocycles. The molecule has 0 aliphatic carbocycles. The van der Waals surface area contributed by atoms with Gasteiger partial charge in [-0.05, 0) is 32.0 Å². The molecule has 3 atom stereocenters. The van der Waals surface area contributed by atoms with Crippen LogP contribution >= 0.6 is 0 Å². The average Bonchev–Trinajstić information content (AvgIpc) is 2.37. The Kier molecular flexibility index (Phi) is 3.50. The average molecular weight is 252 g/mol. The second-order valence-corrected chi connectivity index (χ2v) is 4.92. The van der Waals surface area contributed by atoms with E-state index in [0.717, 1.165) is 11.3 Å². The predicted octanol–water partition coefficient (Wildman–Crippen LogP) is 2.30. The van der Waals surface area contributed by atoms with Gasteiger partial charge in [0.2, 0.25) is 0 Å². The minimum Gasteiger partial charge on any atom is -0.497 e. The van der Waals surface area contributed by atoms with E-state index >= 15 is 0 Å². The Balaban J connectivity index is 2.35. The van der Waals surface area contributed by atoms with Crippen LogP contribution < -0.4 is 9.47 Å². The topological polar surface area (TPSA) is 47.9 Å². The van der Waals surface area contributed by atoms with Gasteiger partial charge >= 0.3 is 0 Å². The molecule has 2 unspecified atom stereocenters. The van der Waals surface area contributed by atoms with Gasteiger partial charge < -0.3 is 19.3 Å². The molecule has 4 nitrogen and oxygen atoms in total. The maximum Gasteiger partial charge on any atom is 0.135 e. The van der Waals surface area contributed by atoms with Gasteiger partial charge in [-0.15, -0.1) is 0 Å². The molecule has 0 amide bonds. The first-order chi connectivity index (χ1) is 8.50. The van der Waals surface area contributed by atoms with E-state index < -0.39 is 11.7 Å². The fourth-order valence-corrected chi connectivity index (χ4v) is 2.29. The number of ether oxygens (including phenoxy) is 3. The summed E-state index contributed by atoms with van der Waals surface area (Å²) in [5, 5.41) is 10.3. The Hall–Kier alpha value is -1.26. The largest absolute Gasteiger partial charge is 0.497 e. The maximum atomic E-state index is 10.3. The third-order valence-electron chi connectivity index (χ3n) is 3.73. The van der Waals surface area contributed by atoms with E-state index in [1.165, 1.54) is 0 Å². The van der Waals surface area contributed by atoms with E-state index in [-0.39, 0.29) is 6.10 Å². The molecule has 0 aromatic heterocycles. The number of hydrogen-bond acceptors (Lipinski definition) is 4. The van der Waals surface area contributed by atoms with Gasteiger partial charge in [-0.2, -0.15) is 0 Å². The fraction of sp³-hybridized carbons (Fsp3) is 0.571. The van der Waals surface area contributed by atoms with Crippen LogP contribution in [0.2, 0.25) is 0 Å². The lowest BCUT2D eigenvalue weighted by Gasteiger charge is -2.41. The van der Waals surface area contributed by atoms with Gasteiger partial charge in [-0.25, -0.2) is 0 Å². The molecule has 0 saturated heterocycles. The third-order valence-corrected chi connectivity index (χ3v) is 3.73. The molecule has 1 heterocycles. The number of hydrogen-bond donors (Lipinski definition) is 1. The van der Waals surface area contributed by atoms with Crippen LogP contribution in [0.15, 0.2) is 18.2 Å². The molecule has 1 N–H and O–H groups in total. The third kappa shape index (κ3) is 2.18. The second kappa shape index (κ2) is 4.78. The molecule has 0 fully saturated rings. The molecule has 0 bridgehead atoms. The first-order valence-electron chi connectivity index (χ1n) is 6.08. The van der Waals surface area contributed by atoms with Crippen LogP contribution in [0.4, 0.5) is 0 Å². The van der Waals surface area contributed by atoms with Crippen molar-refractivity contribution in [1.29, 1.82) is 0 Å². The summed E-state index contributed by atoms with van der Waals surface area (Å²) in [5.41, 5.74) is 0.255. The molecule has 0 radical (unpaired) electrons. The Bertz CT molecular complexity index is 432. The summed E-state index contributed by atoms with van der Waals surface area (Å²) < 4.78 is 16.5. The summed E-state index contributed by atoms with van der Waals surface area (Å²) >= 11 is 0. The van der Waals surface area contributed by atoms with Crippen LogP contribution in [0.3, 0.4) is 0 Å². The second-order valence-electron chi connectivity index (χ2n) is 4.92. The summed E-state index contributed by atoms with van der Waals surface area (Å²) in [6.45, 7) is 3.90. The molecule has 1 aliphatic rings. The lowest BCUT2D eigenvalue weighted by atomic mass is 9.86. The highest BCUT2D eigenvalue weighted by Crippen LogP contribution is 2.42. The minimum absolute atomic E-state index is 0.0950. The normalized spacial score (nSPS) is 28.2. The molecule has 4 heteroatoms. The summed E-state index contributed by atoms with van der Waals surface area (Å²) in [4.78, 5) is 0. The van der Waals surface area contributed by atoms with Gasteiger partial charge in [0.1, 0.15) is 17.1 Å². The van der Waals surface area contributed by atoms with Crippen LogP contribution in [-0.4, -0.2) is 31.0 Å². The molecule has 1 aromatic carbocycles. The molecular formula is C14H20O4. The number of aliphatic hydroxyl groups is 1. The summed E-state index contributed by atoms with van der Waals surface area (Å²) in [6, 6.07) is 5.48. The van der Waals surface area contributed by atoms with E-state index in [2.05, 4.69) is 0 Å². The van der Waals surface area contributed by atoms with Crippen LogP contribution in [0.25, 0.3) is 0 Å². The number of fused-ring (bicyclic) bond motifs is 1. The van der Waals surface area contributed by atoms with Gasteiger partial charge in [0.05, 0.1) is 19.3 Å². The van der Waals surface area contributed by atoms with Gasteiger partial charge in [0.25, 0.3) is 0 Å². The molecule has 1 aromatic rings. The highest BCUT2D eigenvalue weighted by atomic mass is 16.5. The zero-order chi connectivity index (χ0) is 13.3. The Morgan fingerprint density at radius 2 is 2.17 bits per heavy atom. The van der Waals surface area contributed by atoms with E-state index in [1.54, 1.807) is 14.2 Å². The van der Waals surface area contributed by atoms with Crippen molar-refractivity contribution in [2.75, 3.05) is 14.2 Å². The molecule has 100 valence electrons. The van der Waals surface area contributed by atoms with Crippen molar-refractivity contribution < 1.29 is 19.3 Å². The summed E-state index contributed by atoms with van der Waals surface area (Å²) in [7, 11) is 3.25. The highest BCUT2D eigenvalue weighted by molar-refractivity contribution is 5.43. The SMILES string of the molecule is COc1ccc2c(c1)[C@H](O)CC(C)(C(C)OC)O2. The fourth-order valence-electron chi connectivity index (χ4n) is 2.29. The smallest absolute Gasteiger partial charge is 0.135 e. The van der Waals surface area contributed by atoms with Gasteiger partial charge in [-0.3, -0.25) is 0 Å². The number of aliphatic hydroxyl groups excluding tert-OH is 1. The summed E-state index contributed by atoms with van der Waals surface area (Å²) in [5.74, 6) is 1.42. The van der Waals surface area contributed by atoms with Gasteiger partial charge in [0.15, 0.2) is 0 Å². The van der Waals surface area contributed by atoms with Gasteiger partial charge in [0, 0.05) is 19.1 Å². The van der Waals surface area contributed by atoms with Crippen molar-refractivity contribution in [3.8, 4) is 11.5 Å². The lowest BCUT2D eigenvalue weighted by molar-refractivity contribution is -0.0919. The molecule has 0 saturated carbocycles. The van der Waals surface area contributed by atoms with Crippen molar-refractivity contribution in [1.82, 2.24) is 0 Å². The van der Waals surface area contributed by atoms with E-state index in [4.69, 9.17) is 14.2 Å². The van der Waals surface area contributed by atoms with Crippen LogP contribution in [0.1, 0.15) is 31.9 Å². The first-order valence-corrected chi connectivity index (χ1v) is 6.08. The van der Waals surface area contributed by atoms with Crippen molar-refractivity contribution in [3.63, 3.8) is 0 Å². The van der Waals surface area contributed by atoms with Crippen molar-refractivity contribution in [2.45, 2.75) is 38.1 Å². The number of benzene rings is 1. The Labute approximate surface area is 107 Å². The van der Waals surface area contributed by atoms with E-state index in [1.807, 2.05) is 32.0 Å². The number of methoxy groups -OCH3 is 2. The van der Waals surface area contributed by atoms with E-state index in [9.17, 15) is 5.11 Å². The zero-order valence-electron chi connectivity index (χ0n) is 11.3. The minimum atomic E-state index is -0.563. The summed E-state index contributed by atoms with van der Waals surface area (Å²) in [6.07, 6.45) is -0.156. The lowest BCUT2D eigenvalue weighted by Crippen LogP contribution is -2.47. The Morgan fingerprint density at radius 3 is 2.78 bits per heavy atom. The zero-order valence-corrected chi connectivity index (χ0v) is 11.3. The van der Waals surface area contributed by atoms with Crippen molar-refractivity contribution >= 4 is 0 Å². The maximum absolute atomic E-state index is 10.3. The van der Waals surface area contributed by atoms with Crippen LogP contribution in [-0.2, 0) is 4.74 Å². The molecule has 0 spiro atoms. The standard InChI is InChI=1S/C14H20O4/c1-9(16-3)14(2)8-12(15)11-7-10(17-4)5-6-13(11)18-14/h5-7,9,12,15H,8H2,1-4H3/t9?,12-,14?/m1/s1.